The van der Waals surface area contributed by atoms with Crippen LogP contribution in [0.3, 0.4) is 0 Å². The van der Waals surface area contributed by atoms with Gasteiger partial charge in [-0.05, 0) is 67.3 Å². The molecule has 3 aliphatic heterocycles. The molecule has 7 rings (SSSR count). The maximum absolute atomic E-state index is 14.2. The number of benzene rings is 3. The van der Waals surface area contributed by atoms with E-state index < -0.39 is 17.0 Å². The maximum Gasteiger partial charge on any atom is 0.280 e. The van der Waals surface area contributed by atoms with Gasteiger partial charge in [0.1, 0.15) is 17.9 Å². The maximum atomic E-state index is 14.2. The number of nitrogens with zero attached hydrogens (tertiary/aromatic N) is 4. The minimum Gasteiger partial charge on any atom is -0.437 e. The Hall–Kier alpha value is -4.29. The molecule has 12 heteroatoms. The van der Waals surface area contributed by atoms with Gasteiger partial charge in [0.15, 0.2) is 5.69 Å². The number of hydrogen-bond acceptors (Lipinski definition) is 8. The number of carbonyl (C=O) groups is 1. The van der Waals surface area contributed by atoms with Gasteiger partial charge in [-0.15, -0.1) is 0 Å². The topological polar surface area (TPSA) is 123 Å². The number of halogens is 2. The Morgan fingerprint density at radius 2 is 1.71 bits per heavy atom. The number of nitrogen functional groups attached to an aromatic ring is 1. The zero-order valence-corrected chi connectivity index (χ0v) is 27.8. The molecule has 0 radical (unpaired) electrons. The van der Waals surface area contributed by atoms with Gasteiger partial charge in [0.05, 0.1) is 30.9 Å². The summed E-state index contributed by atoms with van der Waals surface area (Å²) in [4.78, 5) is 35.8. The minimum absolute atomic E-state index is 0.0287. The SMILES string of the molecule is Nc1c(Oc2ccc(F)cc2)ncn(CC2(O)CCN(C(=O)[C@@H]3CCN(C4(c5ccccc5Cl)COC4)C[C@H]3c3ccccc3)CC2)c1=O. The predicted molar refractivity (Wildman–Crippen MR) is 183 cm³/mol. The summed E-state index contributed by atoms with van der Waals surface area (Å²) >= 11 is 6.70. The molecule has 0 saturated carbocycles. The number of rotatable bonds is 8. The van der Waals surface area contributed by atoms with Crippen LogP contribution in [0.2, 0.25) is 5.02 Å². The molecule has 0 aliphatic carbocycles. The van der Waals surface area contributed by atoms with E-state index in [1.165, 1.54) is 35.2 Å². The molecule has 3 saturated heterocycles. The number of ether oxygens (including phenoxy) is 2. The van der Waals surface area contributed by atoms with Crippen molar-refractivity contribution in [3.63, 3.8) is 0 Å². The van der Waals surface area contributed by atoms with Crippen LogP contribution in [-0.4, -0.2) is 75.4 Å². The Balaban J connectivity index is 1.03. The Morgan fingerprint density at radius 3 is 2.39 bits per heavy atom. The molecular formula is C37H39ClFN5O5. The van der Waals surface area contributed by atoms with Crippen molar-refractivity contribution in [1.82, 2.24) is 19.4 Å². The third kappa shape index (κ3) is 6.55. The van der Waals surface area contributed by atoms with Crippen molar-refractivity contribution < 1.29 is 23.8 Å². The Morgan fingerprint density at radius 1 is 1.02 bits per heavy atom. The number of anilines is 1. The van der Waals surface area contributed by atoms with E-state index in [4.69, 9.17) is 26.8 Å². The fraction of sp³-hybridized carbons (Fsp3) is 0.378. The summed E-state index contributed by atoms with van der Waals surface area (Å²) in [5.74, 6) is -0.417. The zero-order valence-electron chi connectivity index (χ0n) is 27.0. The van der Waals surface area contributed by atoms with E-state index in [1.807, 2.05) is 41.3 Å². The van der Waals surface area contributed by atoms with Gasteiger partial charge in [-0.2, -0.15) is 0 Å². The van der Waals surface area contributed by atoms with Gasteiger partial charge in [-0.1, -0.05) is 60.1 Å². The highest BCUT2D eigenvalue weighted by Crippen LogP contribution is 2.45. The second kappa shape index (κ2) is 13.5. The lowest BCUT2D eigenvalue weighted by Gasteiger charge is -2.54. The molecule has 4 heterocycles. The predicted octanol–water partition coefficient (Wildman–Crippen LogP) is 4.80. The van der Waals surface area contributed by atoms with Crippen LogP contribution >= 0.6 is 11.6 Å². The Labute approximate surface area is 288 Å². The van der Waals surface area contributed by atoms with Crippen molar-refractivity contribution in [3.05, 3.63) is 118 Å². The summed E-state index contributed by atoms with van der Waals surface area (Å²) in [5, 5.41) is 12.3. The van der Waals surface area contributed by atoms with Crippen LogP contribution in [-0.2, 0) is 21.6 Å². The zero-order chi connectivity index (χ0) is 34.2. The second-order valence-electron chi connectivity index (χ2n) is 13.4. The lowest BCUT2D eigenvalue weighted by Crippen LogP contribution is -2.63. The fourth-order valence-electron chi connectivity index (χ4n) is 7.47. The largest absolute Gasteiger partial charge is 0.437 e. The van der Waals surface area contributed by atoms with Crippen LogP contribution in [0.25, 0.3) is 0 Å². The first-order chi connectivity index (χ1) is 23.7. The van der Waals surface area contributed by atoms with E-state index in [0.717, 1.165) is 22.7 Å². The summed E-state index contributed by atoms with van der Waals surface area (Å²) < 4.78 is 25.9. The monoisotopic (exact) mass is 687 g/mol. The molecule has 1 aromatic heterocycles. The molecule has 0 unspecified atom stereocenters. The van der Waals surface area contributed by atoms with E-state index in [1.54, 1.807) is 0 Å². The van der Waals surface area contributed by atoms with Crippen molar-refractivity contribution in [2.24, 2.45) is 5.92 Å². The average molecular weight is 688 g/mol. The van der Waals surface area contributed by atoms with Gasteiger partial charge < -0.3 is 25.2 Å². The summed E-state index contributed by atoms with van der Waals surface area (Å²) in [6.45, 7) is 3.20. The Bertz CT molecular complexity index is 1860. The normalized spacial score (nSPS) is 21.9. The molecule has 3 N–H and O–H groups in total. The molecule has 4 aromatic rings. The minimum atomic E-state index is -1.23. The highest BCUT2D eigenvalue weighted by atomic mass is 35.5. The molecule has 2 atom stereocenters. The number of hydrogen-bond donors (Lipinski definition) is 2. The lowest BCUT2D eigenvalue weighted by atomic mass is 9.76. The number of likely N-dealkylation sites (tertiary alicyclic amines) is 2. The third-order valence-electron chi connectivity index (χ3n) is 10.4. The fourth-order valence-corrected chi connectivity index (χ4v) is 7.78. The molecule has 3 fully saturated rings. The summed E-state index contributed by atoms with van der Waals surface area (Å²) in [6, 6.07) is 23.4. The number of aromatic nitrogens is 2. The molecule has 0 bridgehead atoms. The van der Waals surface area contributed by atoms with Crippen molar-refractivity contribution in [1.29, 1.82) is 0 Å². The number of carbonyl (C=O) groups excluding carboxylic acids is 1. The number of amides is 1. The number of piperidine rings is 2. The van der Waals surface area contributed by atoms with Crippen molar-refractivity contribution in [3.8, 4) is 11.6 Å². The van der Waals surface area contributed by atoms with E-state index >= 15 is 0 Å². The van der Waals surface area contributed by atoms with Crippen LogP contribution in [0, 0.1) is 11.7 Å². The lowest BCUT2D eigenvalue weighted by molar-refractivity contribution is -0.163. The van der Waals surface area contributed by atoms with Gasteiger partial charge in [-0.3, -0.25) is 19.1 Å². The van der Waals surface area contributed by atoms with E-state index in [9.17, 15) is 19.1 Å². The molecule has 1 amide bonds. The first kappa shape index (κ1) is 33.2. The van der Waals surface area contributed by atoms with Gasteiger partial charge in [0.2, 0.25) is 11.8 Å². The Kier molecular flexibility index (Phi) is 9.19. The molecule has 10 nitrogen and oxygen atoms in total. The highest BCUT2D eigenvalue weighted by Gasteiger charge is 2.51. The highest BCUT2D eigenvalue weighted by molar-refractivity contribution is 6.31. The molecule has 256 valence electrons. The molecule has 3 aromatic carbocycles. The summed E-state index contributed by atoms with van der Waals surface area (Å²) in [6.07, 6.45) is 2.55. The summed E-state index contributed by atoms with van der Waals surface area (Å²) in [5.41, 5.74) is 5.90. The van der Waals surface area contributed by atoms with Crippen molar-refractivity contribution in [2.45, 2.75) is 42.9 Å². The number of nitrogens with two attached hydrogens (primary N) is 1. The van der Waals surface area contributed by atoms with Crippen LogP contribution in [0.1, 0.15) is 36.3 Å². The van der Waals surface area contributed by atoms with Gasteiger partial charge in [0, 0.05) is 36.5 Å². The molecular weight excluding hydrogens is 649 g/mol. The third-order valence-corrected chi connectivity index (χ3v) is 10.7. The van der Waals surface area contributed by atoms with Gasteiger partial charge in [0.25, 0.3) is 5.56 Å². The van der Waals surface area contributed by atoms with Gasteiger partial charge in [-0.25, -0.2) is 9.37 Å². The van der Waals surface area contributed by atoms with Crippen molar-refractivity contribution >= 4 is 23.2 Å². The molecule has 49 heavy (non-hydrogen) atoms. The summed E-state index contributed by atoms with van der Waals surface area (Å²) in [7, 11) is 0. The first-order valence-electron chi connectivity index (χ1n) is 16.6. The molecule has 0 spiro atoms. The standard InChI is InChI=1S/C37H39ClFN5O5/c38-31-9-5-4-8-30(31)37(22-48-23-37)44-17-14-28(29(20-44)25-6-2-1-3-7-25)34(45)42-18-15-36(47,16-19-42)21-43-24-41-33(32(40)35(43)46)49-27-12-10-26(39)11-13-27/h1-13,24,28-29,47H,14-23,40H2/t28-,29+/m1/s1. The quantitative estimate of drug-likeness (QED) is 0.271. The van der Waals surface area contributed by atoms with E-state index in [2.05, 4.69) is 28.1 Å². The van der Waals surface area contributed by atoms with Crippen molar-refractivity contribution in [2.75, 3.05) is 45.1 Å². The number of aliphatic hydroxyl groups is 1. The van der Waals surface area contributed by atoms with Crippen LogP contribution in [0.15, 0.2) is 90.0 Å². The second-order valence-corrected chi connectivity index (χ2v) is 13.8. The first-order valence-corrected chi connectivity index (χ1v) is 17.0. The van der Waals surface area contributed by atoms with Crippen LogP contribution in [0.5, 0.6) is 11.6 Å². The van der Waals surface area contributed by atoms with E-state index in [-0.39, 0.29) is 47.1 Å². The van der Waals surface area contributed by atoms with E-state index in [0.29, 0.717) is 52.1 Å². The average Bonchev–Trinajstić information content (AvgIpc) is 3.10. The smallest absolute Gasteiger partial charge is 0.280 e. The van der Waals surface area contributed by atoms with Crippen LogP contribution < -0.4 is 16.0 Å². The molecule has 3 aliphatic rings. The van der Waals surface area contributed by atoms with Gasteiger partial charge >= 0.3 is 0 Å². The van der Waals surface area contributed by atoms with Crippen LogP contribution in [0.4, 0.5) is 10.1 Å².